The van der Waals surface area contributed by atoms with E-state index in [-0.39, 0.29) is 6.04 Å². The van der Waals surface area contributed by atoms with E-state index in [1.54, 1.807) is 0 Å². The van der Waals surface area contributed by atoms with E-state index in [0.717, 1.165) is 30.2 Å². The average molecular weight is 234 g/mol. The van der Waals surface area contributed by atoms with Gasteiger partial charge in [0.25, 0.3) is 0 Å². The molecular formula is C13H22N4. The van der Waals surface area contributed by atoms with Crippen molar-refractivity contribution in [1.82, 2.24) is 9.97 Å². The highest BCUT2D eigenvalue weighted by Gasteiger charge is 2.26. The molecule has 2 N–H and O–H groups in total. The number of hydrogen-bond acceptors (Lipinski definition) is 4. The van der Waals surface area contributed by atoms with E-state index < -0.39 is 0 Å². The second-order valence-corrected chi connectivity index (χ2v) is 5.08. The zero-order valence-electron chi connectivity index (χ0n) is 11.0. The van der Waals surface area contributed by atoms with Crippen LogP contribution in [0.5, 0.6) is 0 Å². The number of hydrogen-bond donors (Lipinski definition) is 1. The summed E-state index contributed by atoms with van der Waals surface area (Å²) in [5.41, 5.74) is 8.23. The Morgan fingerprint density at radius 3 is 2.35 bits per heavy atom. The summed E-state index contributed by atoms with van der Waals surface area (Å²) in [6.45, 7) is 4.01. The number of aromatic nitrogens is 2. The second kappa shape index (κ2) is 5.00. The summed E-state index contributed by atoms with van der Waals surface area (Å²) in [5, 5.41) is 0. The zero-order chi connectivity index (χ0) is 12.4. The summed E-state index contributed by atoms with van der Waals surface area (Å²) < 4.78 is 0. The minimum atomic E-state index is 0.248. The molecule has 2 unspecified atom stereocenters. The first-order chi connectivity index (χ1) is 8.08. The second-order valence-electron chi connectivity index (χ2n) is 5.08. The Hall–Kier alpha value is -1.16. The fourth-order valence-electron chi connectivity index (χ4n) is 2.63. The molecule has 1 fully saturated rings. The van der Waals surface area contributed by atoms with Gasteiger partial charge >= 0.3 is 0 Å². The van der Waals surface area contributed by atoms with Gasteiger partial charge in [-0.25, -0.2) is 9.97 Å². The Labute approximate surface area is 103 Å². The van der Waals surface area contributed by atoms with Crippen LogP contribution in [0.3, 0.4) is 0 Å². The fourth-order valence-corrected chi connectivity index (χ4v) is 2.63. The lowest BCUT2D eigenvalue weighted by Gasteiger charge is -2.36. The highest BCUT2D eigenvalue weighted by molar-refractivity contribution is 5.33. The molecule has 1 saturated carbocycles. The highest BCUT2D eigenvalue weighted by Crippen LogP contribution is 2.23. The van der Waals surface area contributed by atoms with E-state index in [2.05, 4.69) is 21.9 Å². The number of rotatable bonds is 2. The first-order valence-corrected chi connectivity index (χ1v) is 6.38. The van der Waals surface area contributed by atoms with Crippen LogP contribution in [-0.2, 0) is 0 Å². The van der Waals surface area contributed by atoms with Gasteiger partial charge in [-0.3, -0.25) is 0 Å². The largest absolute Gasteiger partial charge is 0.339 e. The maximum Gasteiger partial charge on any atom is 0.225 e. The predicted octanol–water partition coefficient (Wildman–Crippen LogP) is 1.80. The van der Waals surface area contributed by atoms with Crippen LogP contribution in [0.4, 0.5) is 5.95 Å². The van der Waals surface area contributed by atoms with Crippen molar-refractivity contribution in [3.63, 3.8) is 0 Å². The number of likely N-dealkylation sites (N-methyl/N-ethyl adjacent to an activating group) is 1. The molecule has 0 saturated heterocycles. The van der Waals surface area contributed by atoms with Crippen LogP contribution in [0.2, 0.25) is 0 Å². The molecule has 0 bridgehead atoms. The summed E-state index contributed by atoms with van der Waals surface area (Å²) >= 11 is 0. The van der Waals surface area contributed by atoms with Gasteiger partial charge < -0.3 is 10.6 Å². The molecule has 2 rings (SSSR count). The van der Waals surface area contributed by atoms with E-state index in [1.807, 2.05) is 19.9 Å². The third-order valence-electron chi connectivity index (χ3n) is 3.56. The monoisotopic (exact) mass is 234 g/mol. The van der Waals surface area contributed by atoms with Gasteiger partial charge in [0.1, 0.15) is 0 Å². The lowest BCUT2D eigenvalue weighted by atomic mass is 9.90. The zero-order valence-corrected chi connectivity index (χ0v) is 11.0. The van der Waals surface area contributed by atoms with Crippen LogP contribution in [-0.4, -0.2) is 29.1 Å². The van der Waals surface area contributed by atoms with Crippen molar-refractivity contribution in [2.45, 2.75) is 51.6 Å². The van der Waals surface area contributed by atoms with E-state index in [0.29, 0.717) is 6.04 Å². The lowest BCUT2D eigenvalue weighted by Crippen LogP contribution is -2.48. The van der Waals surface area contributed by atoms with E-state index in [9.17, 15) is 0 Å². The minimum Gasteiger partial charge on any atom is -0.339 e. The molecule has 0 amide bonds. The van der Waals surface area contributed by atoms with Crippen molar-refractivity contribution >= 4 is 5.95 Å². The molecule has 0 aromatic carbocycles. The molecule has 0 radical (unpaired) electrons. The van der Waals surface area contributed by atoms with E-state index >= 15 is 0 Å². The van der Waals surface area contributed by atoms with Gasteiger partial charge in [0.05, 0.1) is 0 Å². The molecule has 4 nitrogen and oxygen atoms in total. The summed E-state index contributed by atoms with van der Waals surface area (Å²) in [7, 11) is 2.06. The third-order valence-corrected chi connectivity index (χ3v) is 3.56. The van der Waals surface area contributed by atoms with Crippen molar-refractivity contribution in [2.75, 3.05) is 11.9 Å². The summed E-state index contributed by atoms with van der Waals surface area (Å²) in [6.07, 6.45) is 4.76. The predicted molar refractivity (Wildman–Crippen MR) is 70.1 cm³/mol. The summed E-state index contributed by atoms with van der Waals surface area (Å²) in [4.78, 5) is 11.2. The maximum absolute atomic E-state index is 6.20. The average Bonchev–Trinajstić information content (AvgIpc) is 2.27. The van der Waals surface area contributed by atoms with Crippen molar-refractivity contribution in [2.24, 2.45) is 5.73 Å². The van der Waals surface area contributed by atoms with Crippen molar-refractivity contribution in [3.05, 3.63) is 17.5 Å². The maximum atomic E-state index is 6.20. The number of anilines is 1. The standard InChI is InChI=1S/C13H22N4/c1-9-8-10(2)16-13(15-9)17(3)12-7-5-4-6-11(12)14/h8,11-12H,4-7,14H2,1-3H3. The topological polar surface area (TPSA) is 55.0 Å². The van der Waals surface area contributed by atoms with Gasteiger partial charge in [-0.1, -0.05) is 12.8 Å². The van der Waals surface area contributed by atoms with Gasteiger partial charge in [-0.15, -0.1) is 0 Å². The van der Waals surface area contributed by atoms with Crippen LogP contribution in [0.15, 0.2) is 6.07 Å². The third kappa shape index (κ3) is 2.75. The molecule has 1 aromatic heterocycles. The quantitative estimate of drug-likeness (QED) is 0.847. The van der Waals surface area contributed by atoms with Crippen LogP contribution in [0, 0.1) is 13.8 Å². The highest BCUT2D eigenvalue weighted by atomic mass is 15.3. The number of nitrogens with zero attached hydrogens (tertiary/aromatic N) is 3. The Morgan fingerprint density at radius 2 is 1.76 bits per heavy atom. The molecule has 1 aromatic rings. The molecule has 1 aliphatic carbocycles. The molecule has 1 heterocycles. The van der Waals surface area contributed by atoms with E-state index in [1.165, 1.54) is 12.8 Å². The van der Waals surface area contributed by atoms with Gasteiger partial charge in [0, 0.05) is 30.5 Å². The Kier molecular flexibility index (Phi) is 3.62. The van der Waals surface area contributed by atoms with Crippen molar-refractivity contribution in [3.8, 4) is 0 Å². The van der Waals surface area contributed by atoms with Gasteiger partial charge in [0.2, 0.25) is 5.95 Å². The van der Waals surface area contributed by atoms with Gasteiger partial charge in [-0.05, 0) is 32.8 Å². The van der Waals surface area contributed by atoms with Gasteiger partial charge in [-0.2, -0.15) is 0 Å². The van der Waals surface area contributed by atoms with Crippen LogP contribution in [0.25, 0.3) is 0 Å². The molecule has 17 heavy (non-hydrogen) atoms. The lowest BCUT2D eigenvalue weighted by molar-refractivity contribution is 0.370. The molecule has 0 aliphatic heterocycles. The molecule has 94 valence electrons. The first-order valence-electron chi connectivity index (χ1n) is 6.38. The SMILES string of the molecule is Cc1cc(C)nc(N(C)C2CCCCC2N)n1. The number of nitrogens with two attached hydrogens (primary N) is 1. The molecule has 4 heteroatoms. The molecule has 1 aliphatic rings. The minimum absolute atomic E-state index is 0.248. The first kappa shape index (κ1) is 12.3. The smallest absolute Gasteiger partial charge is 0.225 e. The van der Waals surface area contributed by atoms with Crippen LogP contribution < -0.4 is 10.6 Å². The molecule has 2 atom stereocenters. The van der Waals surface area contributed by atoms with Crippen LogP contribution >= 0.6 is 0 Å². The summed E-state index contributed by atoms with van der Waals surface area (Å²) in [6, 6.07) is 2.63. The van der Waals surface area contributed by atoms with Crippen molar-refractivity contribution < 1.29 is 0 Å². The Balaban J connectivity index is 2.20. The van der Waals surface area contributed by atoms with Gasteiger partial charge in [0.15, 0.2) is 0 Å². The van der Waals surface area contributed by atoms with Crippen LogP contribution in [0.1, 0.15) is 37.1 Å². The summed E-state index contributed by atoms with van der Waals surface area (Å²) in [5.74, 6) is 0.810. The van der Waals surface area contributed by atoms with E-state index in [4.69, 9.17) is 5.73 Å². The fraction of sp³-hybridized carbons (Fsp3) is 0.692. The normalized spacial score (nSPS) is 24.7. The molecule has 0 spiro atoms. The molecular weight excluding hydrogens is 212 g/mol. The Bertz CT molecular complexity index is 371. The Morgan fingerprint density at radius 1 is 1.18 bits per heavy atom. The van der Waals surface area contributed by atoms with Crippen molar-refractivity contribution in [1.29, 1.82) is 0 Å². The number of aryl methyl sites for hydroxylation is 2.